The first-order valence-corrected chi connectivity index (χ1v) is 8.74. The van der Waals surface area contributed by atoms with Crippen LogP contribution in [0.3, 0.4) is 0 Å². The van der Waals surface area contributed by atoms with Gasteiger partial charge in [-0.2, -0.15) is 21.0 Å². The fraction of sp³-hybridized carbons (Fsp3) is 0.789. The molecule has 4 unspecified atom stereocenters. The van der Waals surface area contributed by atoms with Crippen LogP contribution < -0.4 is 0 Å². The molecule has 1 fully saturated rings. The normalized spacial score (nSPS) is 27.0. The van der Waals surface area contributed by atoms with E-state index in [0.717, 1.165) is 44.9 Å². The van der Waals surface area contributed by atoms with Gasteiger partial charge in [-0.05, 0) is 62.2 Å². The third-order valence-electron chi connectivity index (χ3n) is 5.30. The maximum atomic E-state index is 8.97. The highest BCUT2D eigenvalue weighted by Crippen LogP contribution is 2.43. The molecule has 1 aliphatic carbocycles. The molecule has 4 heteroatoms. The first-order chi connectivity index (χ1) is 11.3. The molecule has 4 nitrogen and oxygen atoms in total. The summed E-state index contributed by atoms with van der Waals surface area (Å²) in [5, 5.41) is 35.7. The topological polar surface area (TPSA) is 95.2 Å². The quantitative estimate of drug-likeness (QED) is 0.598. The minimum Gasteiger partial charge on any atom is -0.198 e. The Morgan fingerprint density at radius 2 is 1.13 bits per heavy atom. The lowest BCUT2D eigenvalue weighted by atomic mass is 9.73. The summed E-state index contributed by atoms with van der Waals surface area (Å²) in [6.45, 7) is 0. The standard InChI is InChI=1S/C19H26N4/c20-11-1-5-16-9-10-17(6-2-12-21)19(8-4-14-23)18(15-16)7-3-13-22/h16-19H,1-10,15H2. The SMILES string of the molecule is N#CCCC1CCC(CCC#N)C(CCC#N)C(CCC#N)C1. The van der Waals surface area contributed by atoms with Gasteiger partial charge in [0.15, 0.2) is 0 Å². The third-order valence-corrected chi connectivity index (χ3v) is 5.30. The molecule has 0 aromatic heterocycles. The third kappa shape index (κ3) is 6.72. The maximum absolute atomic E-state index is 8.97. The fourth-order valence-corrected chi connectivity index (χ4v) is 4.19. The number of hydrogen-bond donors (Lipinski definition) is 0. The van der Waals surface area contributed by atoms with Crippen LogP contribution in [0.25, 0.3) is 0 Å². The zero-order valence-electron chi connectivity index (χ0n) is 13.9. The highest BCUT2D eigenvalue weighted by molar-refractivity contribution is 4.89. The molecule has 122 valence electrons. The summed E-state index contributed by atoms with van der Waals surface area (Å²) in [5.74, 6) is 1.94. The Bertz CT molecular complexity index is 499. The highest BCUT2D eigenvalue weighted by atomic mass is 14.4. The average Bonchev–Trinajstić information content (AvgIpc) is 2.73. The highest BCUT2D eigenvalue weighted by Gasteiger charge is 2.33. The van der Waals surface area contributed by atoms with E-state index in [4.69, 9.17) is 21.0 Å². The van der Waals surface area contributed by atoms with Crippen LogP contribution in [0.4, 0.5) is 0 Å². The largest absolute Gasteiger partial charge is 0.198 e. The van der Waals surface area contributed by atoms with Crippen molar-refractivity contribution in [2.24, 2.45) is 23.7 Å². The first-order valence-electron chi connectivity index (χ1n) is 8.74. The van der Waals surface area contributed by atoms with Crippen LogP contribution in [0.1, 0.15) is 70.6 Å². The van der Waals surface area contributed by atoms with Crippen molar-refractivity contribution in [2.75, 3.05) is 0 Å². The predicted octanol–water partition coefficient (Wildman–Crippen LogP) is 4.85. The lowest BCUT2D eigenvalue weighted by Gasteiger charge is -2.31. The van der Waals surface area contributed by atoms with Gasteiger partial charge in [0.05, 0.1) is 24.3 Å². The monoisotopic (exact) mass is 310 g/mol. The lowest BCUT2D eigenvalue weighted by Crippen LogP contribution is -2.23. The van der Waals surface area contributed by atoms with Crippen LogP contribution >= 0.6 is 0 Å². The number of nitriles is 4. The Kier molecular flexibility index (Phi) is 9.52. The molecular formula is C19H26N4. The minimum absolute atomic E-state index is 0.448. The Labute approximate surface area is 140 Å². The molecule has 1 saturated carbocycles. The Hall–Kier alpha value is -2.04. The zero-order valence-corrected chi connectivity index (χ0v) is 13.9. The van der Waals surface area contributed by atoms with Gasteiger partial charge in [-0.1, -0.05) is 6.42 Å². The van der Waals surface area contributed by atoms with Gasteiger partial charge in [-0.3, -0.25) is 0 Å². The van der Waals surface area contributed by atoms with Gasteiger partial charge < -0.3 is 0 Å². The summed E-state index contributed by atoms with van der Waals surface area (Å²) in [6, 6.07) is 9.02. The van der Waals surface area contributed by atoms with Gasteiger partial charge in [0, 0.05) is 25.7 Å². The summed E-state index contributed by atoms with van der Waals surface area (Å²) in [5.41, 5.74) is 0. The van der Waals surface area contributed by atoms with Crippen LogP contribution in [0.2, 0.25) is 0 Å². The van der Waals surface area contributed by atoms with E-state index < -0.39 is 0 Å². The number of hydrogen-bond acceptors (Lipinski definition) is 4. The summed E-state index contributed by atoms with van der Waals surface area (Å²) in [6.07, 6.45) is 9.18. The van der Waals surface area contributed by atoms with E-state index in [1.807, 2.05) is 0 Å². The average molecular weight is 310 g/mol. The molecule has 0 bridgehead atoms. The Balaban J connectivity index is 2.87. The van der Waals surface area contributed by atoms with Crippen molar-refractivity contribution < 1.29 is 0 Å². The first kappa shape index (κ1) is 19.0. The van der Waals surface area contributed by atoms with E-state index in [1.165, 1.54) is 0 Å². The molecule has 0 N–H and O–H groups in total. The van der Waals surface area contributed by atoms with Gasteiger partial charge in [0.2, 0.25) is 0 Å². The molecule has 0 saturated heterocycles. The van der Waals surface area contributed by atoms with Crippen LogP contribution in [-0.4, -0.2) is 0 Å². The molecule has 1 rings (SSSR count). The van der Waals surface area contributed by atoms with Crippen LogP contribution in [0.15, 0.2) is 0 Å². The van der Waals surface area contributed by atoms with Crippen molar-refractivity contribution in [3.8, 4) is 24.3 Å². The van der Waals surface area contributed by atoms with E-state index in [0.29, 0.717) is 49.4 Å². The smallest absolute Gasteiger partial charge is 0.0621 e. The van der Waals surface area contributed by atoms with Crippen LogP contribution in [-0.2, 0) is 0 Å². The Morgan fingerprint density at radius 1 is 0.609 bits per heavy atom. The van der Waals surface area contributed by atoms with E-state index in [2.05, 4.69) is 24.3 Å². The van der Waals surface area contributed by atoms with Gasteiger partial charge in [0.1, 0.15) is 0 Å². The van der Waals surface area contributed by atoms with Crippen molar-refractivity contribution in [1.29, 1.82) is 21.0 Å². The second-order valence-electron chi connectivity index (χ2n) is 6.65. The van der Waals surface area contributed by atoms with Crippen molar-refractivity contribution in [3.63, 3.8) is 0 Å². The van der Waals surface area contributed by atoms with E-state index >= 15 is 0 Å². The second-order valence-corrected chi connectivity index (χ2v) is 6.65. The molecule has 0 spiro atoms. The summed E-state index contributed by atoms with van der Waals surface area (Å²) in [4.78, 5) is 0. The molecule has 0 heterocycles. The molecule has 23 heavy (non-hydrogen) atoms. The molecule has 0 aromatic rings. The van der Waals surface area contributed by atoms with Crippen LogP contribution in [0, 0.1) is 69.0 Å². The molecule has 1 aliphatic rings. The molecule has 4 atom stereocenters. The molecule has 0 aliphatic heterocycles. The Morgan fingerprint density at radius 3 is 1.74 bits per heavy atom. The number of nitrogens with zero attached hydrogens (tertiary/aromatic N) is 4. The number of rotatable bonds is 8. The van der Waals surface area contributed by atoms with Gasteiger partial charge >= 0.3 is 0 Å². The molecule has 0 radical (unpaired) electrons. The van der Waals surface area contributed by atoms with Crippen LogP contribution in [0.5, 0.6) is 0 Å². The predicted molar refractivity (Wildman–Crippen MR) is 87.2 cm³/mol. The minimum atomic E-state index is 0.448. The van der Waals surface area contributed by atoms with Gasteiger partial charge in [-0.15, -0.1) is 0 Å². The molecule has 0 amide bonds. The molecular weight excluding hydrogens is 284 g/mol. The summed E-state index contributed by atoms with van der Waals surface area (Å²) in [7, 11) is 0. The zero-order chi connectivity index (χ0) is 16.9. The van der Waals surface area contributed by atoms with Gasteiger partial charge in [-0.25, -0.2) is 0 Å². The van der Waals surface area contributed by atoms with Crippen molar-refractivity contribution >= 4 is 0 Å². The summed E-state index contributed by atoms with van der Waals surface area (Å²) >= 11 is 0. The lowest BCUT2D eigenvalue weighted by molar-refractivity contribution is 0.191. The fourth-order valence-electron chi connectivity index (χ4n) is 4.19. The van der Waals surface area contributed by atoms with Crippen molar-refractivity contribution in [1.82, 2.24) is 0 Å². The second kappa shape index (κ2) is 11.5. The van der Waals surface area contributed by atoms with E-state index in [1.54, 1.807) is 0 Å². The van der Waals surface area contributed by atoms with Gasteiger partial charge in [0.25, 0.3) is 0 Å². The van der Waals surface area contributed by atoms with Crippen molar-refractivity contribution in [3.05, 3.63) is 0 Å². The van der Waals surface area contributed by atoms with E-state index in [-0.39, 0.29) is 0 Å². The van der Waals surface area contributed by atoms with Crippen molar-refractivity contribution in [2.45, 2.75) is 70.6 Å². The van der Waals surface area contributed by atoms with E-state index in [9.17, 15) is 0 Å². The molecule has 0 aromatic carbocycles. The maximum Gasteiger partial charge on any atom is 0.0621 e. The summed E-state index contributed by atoms with van der Waals surface area (Å²) < 4.78 is 0.